The number of pyridine rings is 1. The number of carbonyl (C=O) groups is 2. The lowest BCUT2D eigenvalue weighted by molar-refractivity contribution is 0.0959. The van der Waals surface area contributed by atoms with Gasteiger partial charge in [0.25, 0.3) is 5.91 Å². The van der Waals surface area contributed by atoms with Crippen molar-refractivity contribution < 1.29 is 36.3 Å². The van der Waals surface area contributed by atoms with Crippen LogP contribution in [0.2, 0.25) is 0 Å². The summed E-state index contributed by atoms with van der Waals surface area (Å²) in [5.41, 5.74) is 0.655. The molecule has 2 atom stereocenters. The van der Waals surface area contributed by atoms with Crippen LogP contribution in [0, 0.1) is 11.6 Å². The van der Waals surface area contributed by atoms with Gasteiger partial charge in [-0.1, -0.05) is 25.8 Å². The van der Waals surface area contributed by atoms with E-state index in [-0.39, 0.29) is 35.7 Å². The second-order valence-electron chi connectivity index (χ2n) is 11.3. The molecule has 0 bridgehead atoms. The number of nitrogens with one attached hydrogen (secondary N) is 4. The molecule has 262 valence electrons. The number of likely N-dealkylation sites (tertiary alicyclic amines) is 1. The first-order chi connectivity index (χ1) is 22.4. The largest absolute Gasteiger partial charge is 0.493 e. The minimum absolute atomic E-state index is 0. The summed E-state index contributed by atoms with van der Waals surface area (Å²) in [6.45, 7) is 3.46. The van der Waals surface area contributed by atoms with Gasteiger partial charge in [0.05, 0.1) is 30.3 Å². The monoisotopic (exact) mass is 710 g/mol. The van der Waals surface area contributed by atoms with Gasteiger partial charge in [0.2, 0.25) is 15.9 Å². The molecular formula is C32H41ClF2N6O6S. The predicted molar refractivity (Wildman–Crippen MR) is 182 cm³/mol. The number of amides is 3. The Labute approximate surface area is 285 Å². The molecule has 2 heterocycles. The number of benzene rings is 2. The van der Waals surface area contributed by atoms with Crippen molar-refractivity contribution in [2.75, 3.05) is 37.0 Å². The lowest BCUT2D eigenvalue weighted by atomic mass is 9.93. The second-order valence-corrected chi connectivity index (χ2v) is 13.1. The zero-order chi connectivity index (χ0) is 34.1. The molecule has 0 spiro atoms. The van der Waals surface area contributed by atoms with Gasteiger partial charge in [-0.15, -0.1) is 12.4 Å². The van der Waals surface area contributed by atoms with E-state index in [9.17, 15) is 26.8 Å². The number of nitrogens with zero attached hydrogens (tertiary/aromatic N) is 2. The van der Waals surface area contributed by atoms with Crippen molar-refractivity contribution in [3.8, 4) is 17.4 Å². The van der Waals surface area contributed by atoms with Crippen molar-refractivity contribution in [2.24, 2.45) is 0 Å². The number of methoxy groups -OCH3 is 1. The first kappa shape index (κ1) is 38.2. The zero-order valence-corrected chi connectivity index (χ0v) is 28.8. The zero-order valence-electron chi connectivity index (χ0n) is 27.1. The number of ether oxygens (including phenoxy) is 2. The number of aromatic nitrogens is 1. The van der Waals surface area contributed by atoms with Gasteiger partial charge in [0.1, 0.15) is 11.6 Å². The third-order valence-corrected chi connectivity index (χ3v) is 8.31. The third kappa shape index (κ3) is 10.7. The first-order valence-electron chi connectivity index (χ1n) is 15.2. The molecule has 16 heteroatoms. The van der Waals surface area contributed by atoms with Crippen molar-refractivity contribution in [3.05, 3.63) is 71.4 Å². The van der Waals surface area contributed by atoms with Crippen LogP contribution in [0.3, 0.4) is 0 Å². The molecule has 12 nitrogen and oxygen atoms in total. The van der Waals surface area contributed by atoms with E-state index in [1.54, 1.807) is 24.4 Å². The van der Waals surface area contributed by atoms with Gasteiger partial charge >= 0.3 is 6.03 Å². The van der Waals surface area contributed by atoms with E-state index in [1.165, 1.54) is 20.2 Å². The Kier molecular flexibility index (Phi) is 13.8. The van der Waals surface area contributed by atoms with Crippen LogP contribution in [-0.2, 0) is 16.6 Å². The molecule has 3 aromatic rings. The maximum Gasteiger partial charge on any atom is 0.319 e. The molecule has 1 aromatic heterocycles. The van der Waals surface area contributed by atoms with Crippen molar-refractivity contribution in [1.82, 2.24) is 20.5 Å². The van der Waals surface area contributed by atoms with Crippen LogP contribution in [-0.4, -0.2) is 69.3 Å². The van der Waals surface area contributed by atoms with Crippen molar-refractivity contribution in [1.29, 1.82) is 0 Å². The summed E-state index contributed by atoms with van der Waals surface area (Å²) in [5.74, 6) is -1.68. The summed E-state index contributed by atoms with van der Waals surface area (Å²) < 4.78 is 65.2. The van der Waals surface area contributed by atoms with Crippen molar-refractivity contribution >= 4 is 45.7 Å². The molecule has 4 rings (SSSR count). The fraction of sp³-hybridized carbons (Fsp3) is 0.406. The number of urea groups is 1. The maximum atomic E-state index is 14.4. The van der Waals surface area contributed by atoms with E-state index in [2.05, 4.69) is 37.5 Å². The Morgan fingerprint density at radius 3 is 2.50 bits per heavy atom. The molecule has 0 radical (unpaired) electrons. The van der Waals surface area contributed by atoms with Gasteiger partial charge in [0, 0.05) is 56.6 Å². The molecule has 1 aliphatic heterocycles. The quantitative estimate of drug-likeness (QED) is 0.178. The van der Waals surface area contributed by atoms with E-state index in [0.717, 1.165) is 37.1 Å². The van der Waals surface area contributed by atoms with Gasteiger partial charge in [-0.25, -0.2) is 27.0 Å². The minimum Gasteiger partial charge on any atom is -0.493 e. The summed E-state index contributed by atoms with van der Waals surface area (Å²) in [5, 5.41) is 7.61. The van der Waals surface area contributed by atoms with E-state index >= 15 is 0 Å². The van der Waals surface area contributed by atoms with Crippen LogP contribution < -0.4 is 30.1 Å². The number of sulfonamides is 1. The number of hydrogen-bond acceptors (Lipinski definition) is 8. The fourth-order valence-corrected chi connectivity index (χ4v) is 5.97. The summed E-state index contributed by atoms with van der Waals surface area (Å²) in [4.78, 5) is 31.5. The lowest BCUT2D eigenvalue weighted by Gasteiger charge is -2.40. The van der Waals surface area contributed by atoms with Crippen molar-refractivity contribution in [2.45, 2.75) is 57.7 Å². The number of hydrogen-bond donors (Lipinski definition) is 4. The number of unbranched alkanes of at least 4 members (excludes halogenated alkanes) is 1. The predicted octanol–water partition coefficient (Wildman–Crippen LogP) is 5.66. The van der Waals surface area contributed by atoms with E-state index < -0.39 is 33.6 Å². The van der Waals surface area contributed by atoms with Crippen LogP contribution in [0.25, 0.3) is 0 Å². The second kappa shape index (κ2) is 17.3. The highest BCUT2D eigenvalue weighted by atomic mass is 35.5. The lowest BCUT2D eigenvalue weighted by Crippen LogP contribution is -2.50. The van der Waals surface area contributed by atoms with Crippen LogP contribution in [0.5, 0.6) is 17.4 Å². The Bertz CT molecular complexity index is 1680. The molecule has 3 amide bonds. The van der Waals surface area contributed by atoms with Gasteiger partial charge in [0.15, 0.2) is 11.5 Å². The van der Waals surface area contributed by atoms with Crippen LogP contribution in [0.15, 0.2) is 48.7 Å². The molecule has 0 saturated carbocycles. The minimum atomic E-state index is -3.45. The first-order valence-corrected chi connectivity index (χ1v) is 17.1. The molecule has 2 unspecified atom stereocenters. The van der Waals surface area contributed by atoms with E-state index in [1.807, 2.05) is 6.07 Å². The summed E-state index contributed by atoms with van der Waals surface area (Å²) in [7, 11) is -0.659. The summed E-state index contributed by atoms with van der Waals surface area (Å²) in [6, 6.07) is 9.28. The Morgan fingerprint density at radius 2 is 1.85 bits per heavy atom. The van der Waals surface area contributed by atoms with Gasteiger partial charge in [-0.05, 0) is 43.0 Å². The number of piperidine rings is 1. The molecule has 1 saturated heterocycles. The molecule has 1 aliphatic rings. The number of anilines is 2. The molecule has 48 heavy (non-hydrogen) atoms. The SMILES string of the molecule is CCCCC1CC(NC(=O)Nc2cc(C(=O)NC)c(F)cc2F)CCN1Cc1ccc(Oc2ccc(NS(C)(=O)=O)cc2OC)nc1.Cl. The Hall–Kier alpha value is -4.21. The van der Waals surface area contributed by atoms with Crippen LogP contribution in [0.1, 0.15) is 54.9 Å². The average molecular weight is 711 g/mol. The average Bonchev–Trinajstić information content (AvgIpc) is 3.02. The van der Waals surface area contributed by atoms with Crippen LogP contribution in [0.4, 0.5) is 25.0 Å². The standard InChI is InChI=1S/C32H40F2N6O6S.ClH/c1-5-6-7-23-14-21(37-32(42)38-27-16-24(31(41)35-2)25(33)17-26(27)34)12-13-40(23)19-20-8-11-30(36-18-20)46-28-10-9-22(15-29(28)45-3)39-47(4,43)44;/h8-11,15-18,21,23,39H,5-7,12-14,19H2,1-4H3,(H,35,41)(H2,37,38,42);1H. The normalized spacial score (nSPS) is 16.3. The fourth-order valence-electron chi connectivity index (χ4n) is 5.42. The van der Waals surface area contributed by atoms with Gasteiger partial charge in [-0.3, -0.25) is 14.4 Å². The third-order valence-electron chi connectivity index (χ3n) is 7.71. The number of rotatable bonds is 13. The molecule has 4 N–H and O–H groups in total. The van der Waals surface area contributed by atoms with Crippen molar-refractivity contribution in [3.63, 3.8) is 0 Å². The molecule has 2 aromatic carbocycles. The summed E-state index contributed by atoms with van der Waals surface area (Å²) in [6.07, 6.45) is 7.09. The Morgan fingerprint density at radius 1 is 1.08 bits per heavy atom. The highest BCUT2D eigenvalue weighted by molar-refractivity contribution is 7.92. The Balaban J connectivity index is 0.00000625. The van der Waals surface area contributed by atoms with E-state index in [4.69, 9.17) is 9.47 Å². The highest BCUT2D eigenvalue weighted by Crippen LogP contribution is 2.34. The molecular weight excluding hydrogens is 670 g/mol. The van der Waals surface area contributed by atoms with E-state index in [0.29, 0.717) is 55.1 Å². The molecule has 0 aliphatic carbocycles. The van der Waals surface area contributed by atoms with Gasteiger partial charge in [-0.2, -0.15) is 0 Å². The van der Waals surface area contributed by atoms with Crippen LogP contribution >= 0.6 is 12.4 Å². The number of carbonyl (C=O) groups excluding carboxylic acids is 2. The maximum absolute atomic E-state index is 14.4. The summed E-state index contributed by atoms with van der Waals surface area (Å²) >= 11 is 0. The number of halogens is 3. The highest BCUT2D eigenvalue weighted by Gasteiger charge is 2.29. The van der Waals surface area contributed by atoms with Gasteiger partial charge < -0.3 is 25.4 Å². The molecule has 1 fully saturated rings. The topological polar surface area (TPSA) is 151 Å². The smallest absolute Gasteiger partial charge is 0.319 e.